The van der Waals surface area contributed by atoms with Crippen molar-refractivity contribution in [2.24, 2.45) is 0 Å². The van der Waals surface area contributed by atoms with Gasteiger partial charge in [-0.15, -0.1) is 11.3 Å². The Kier molecular flexibility index (Phi) is 3.95. The molecule has 21 heavy (non-hydrogen) atoms. The van der Waals surface area contributed by atoms with E-state index in [2.05, 4.69) is 11.8 Å². The topological polar surface area (TPSA) is 60.9 Å². The third-order valence-corrected chi connectivity index (χ3v) is 4.76. The van der Waals surface area contributed by atoms with Crippen molar-refractivity contribution in [2.45, 2.75) is 18.9 Å². The molecule has 0 saturated carbocycles. The van der Waals surface area contributed by atoms with Gasteiger partial charge in [-0.05, 0) is 12.5 Å². The van der Waals surface area contributed by atoms with Crippen LogP contribution in [0.1, 0.15) is 28.1 Å². The number of amides is 2. The lowest BCUT2D eigenvalue weighted by atomic mass is 10.1. The monoisotopic (exact) mass is 304 g/mol. The molecule has 2 fully saturated rings. The molecule has 1 unspecified atom stereocenters. The van der Waals surface area contributed by atoms with E-state index in [1.165, 1.54) is 11.3 Å². The molecule has 1 atom stereocenters. The van der Waals surface area contributed by atoms with E-state index in [9.17, 15) is 9.59 Å². The first-order valence-corrected chi connectivity index (χ1v) is 7.84. The fourth-order valence-electron chi connectivity index (χ4n) is 2.87. The molecule has 0 aromatic carbocycles. The molecule has 2 aliphatic heterocycles. The van der Waals surface area contributed by atoms with Gasteiger partial charge in [0.05, 0.1) is 10.4 Å². The van der Waals surface area contributed by atoms with Gasteiger partial charge >= 0.3 is 0 Å². The Morgan fingerprint density at radius 2 is 2.33 bits per heavy atom. The molecule has 3 heterocycles. The summed E-state index contributed by atoms with van der Waals surface area (Å²) in [5, 5.41) is 10.5. The van der Waals surface area contributed by atoms with Crippen LogP contribution in [0.5, 0.6) is 0 Å². The molecule has 0 radical (unpaired) electrons. The van der Waals surface area contributed by atoms with E-state index in [-0.39, 0.29) is 24.5 Å². The van der Waals surface area contributed by atoms with Crippen LogP contribution in [-0.4, -0.2) is 59.0 Å². The third kappa shape index (κ3) is 2.80. The molecule has 2 amide bonds. The molecule has 1 aromatic heterocycles. The molecule has 3 rings (SSSR count). The van der Waals surface area contributed by atoms with Gasteiger partial charge in [0.2, 0.25) is 5.91 Å². The Morgan fingerprint density at radius 1 is 1.48 bits per heavy atom. The van der Waals surface area contributed by atoms with Crippen molar-refractivity contribution >= 4 is 23.2 Å². The molecule has 110 valence electrons. The van der Waals surface area contributed by atoms with Crippen LogP contribution in [0.3, 0.4) is 0 Å². The number of aliphatic hydroxyl groups excluding tert-OH is 1. The summed E-state index contributed by atoms with van der Waals surface area (Å²) in [5.41, 5.74) is 0.639. The standard InChI is InChI=1S/C15H16N2O3S/c18-7-1-2-13-8-11(10-21-13)15(20)16-5-6-17-12(9-16)3-4-14(17)19/h8,10,12,18H,3-7,9H2. The Morgan fingerprint density at radius 3 is 3.14 bits per heavy atom. The quantitative estimate of drug-likeness (QED) is 0.770. The zero-order valence-electron chi connectivity index (χ0n) is 11.5. The van der Waals surface area contributed by atoms with E-state index >= 15 is 0 Å². The van der Waals surface area contributed by atoms with Crippen LogP contribution in [0.15, 0.2) is 11.4 Å². The number of piperazine rings is 1. The fraction of sp³-hybridized carbons (Fsp3) is 0.467. The summed E-state index contributed by atoms with van der Waals surface area (Å²) in [6, 6.07) is 1.95. The van der Waals surface area contributed by atoms with E-state index in [1.807, 2.05) is 9.80 Å². The summed E-state index contributed by atoms with van der Waals surface area (Å²) in [5.74, 6) is 5.60. The first kappa shape index (κ1) is 14.1. The minimum absolute atomic E-state index is 0.00213. The zero-order chi connectivity index (χ0) is 14.8. The third-order valence-electron chi connectivity index (χ3n) is 3.92. The largest absolute Gasteiger partial charge is 0.384 e. The van der Waals surface area contributed by atoms with Gasteiger partial charge in [-0.2, -0.15) is 0 Å². The summed E-state index contributed by atoms with van der Waals surface area (Å²) in [7, 11) is 0. The molecule has 1 aromatic rings. The molecule has 2 saturated heterocycles. The number of nitrogens with zero attached hydrogens (tertiary/aromatic N) is 2. The first-order chi connectivity index (χ1) is 10.2. The van der Waals surface area contributed by atoms with Gasteiger partial charge in [-0.1, -0.05) is 11.8 Å². The van der Waals surface area contributed by atoms with Gasteiger partial charge in [0.15, 0.2) is 0 Å². The van der Waals surface area contributed by atoms with Gasteiger partial charge in [0.25, 0.3) is 5.91 Å². The molecule has 0 aliphatic carbocycles. The maximum atomic E-state index is 12.5. The predicted molar refractivity (Wildman–Crippen MR) is 78.9 cm³/mol. The molecule has 0 spiro atoms. The van der Waals surface area contributed by atoms with Crippen LogP contribution in [0.2, 0.25) is 0 Å². The molecule has 6 heteroatoms. The van der Waals surface area contributed by atoms with E-state index in [0.29, 0.717) is 31.6 Å². The van der Waals surface area contributed by atoms with Crippen LogP contribution >= 0.6 is 11.3 Å². The zero-order valence-corrected chi connectivity index (χ0v) is 12.4. The highest BCUT2D eigenvalue weighted by atomic mass is 32.1. The summed E-state index contributed by atoms with van der Waals surface area (Å²) in [6.45, 7) is 1.67. The summed E-state index contributed by atoms with van der Waals surface area (Å²) in [4.78, 5) is 28.6. The van der Waals surface area contributed by atoms with Crippen LogP contribution < -0.4 is 0 Å². The minimum atomic E-state index is -0.182. The van der Waals surface area contributed by atoms with E-state index < -0.39 is 0 Å². The minimum Gasteiger partial charge on any atom is -0.384 e. The summed E-state index contributed by atoms with van der Waals surface area (Å²) in [6.07, 6.45) is 1.45. The summed E-state index contributed by atoms with van der Waals surface area (Å²) >= 11 is 1.40. The van der Waals surface area contributed by atoms with Crippen molar-refractivity contribution in [3.05, 3.63) is 21.9 Å². The lowest BCUT2D eigenvalue weighted by Crippen LogP contribution is -2.53. The second-order valence-electron chi connectivity index (χ2n) is 5.19. The van der Waals surface area contributed by atoms with Gasteiger partial charge in [0.1, 0.15) is 6.61 Å². The molecular formula is C15H16N2O3S. The lowest BCUT2D eigenvalue weighted by molar-refractivity contribution is -0.130. The number of carbonyl (C=O) groups excluding carboxylic acids is 2. The van der Waals surface area contributed by atoms with Crippen molar-refractivity contribution in [3.63, 3.8) is 0 Å². The second-order valence-corrected chi connectivity index (χ2v) is 6.10. The van der Waals surface area contributed by atoms with Crippen molar-refractivity contribution in [2.75, 3.05) is 26.2 Å². The summed E-state index contributed by atoms with van der Waals surface area (Å²) < 4.78 is 0. The molecule has 0 bridgehead atoms. The van der Waals surface area contributed by atoms with E-state index in [0.717, 1.165) is 11.3 Å². The van der Waals surface area contributed by atoms with E-state index in [1.54, 1.807) is 11.4 Å². The van der Waals surface area contributed by atoms with Crippen molar-refractivity contribution < 1.29 is 14.7 Å². The average molecular weight is 304 g/mol. The van der Waals surface area contributed by atoms with Gasteiger partial charge in [0, 0.05) is 37.5 Å². The van der Waals surface area contributed by atoms with Crippen molar-refractivity contribution in [1.82, 2.24) is 9.80 Å². The smallest absolute Gasteiger partial charge is 0.254 e. The second kappa shape index (κ2) is 5.88. The number of thiophene rings is 1. The van der Waals surface area contributed by atoms with Crippen molar-refractivity contribution in [1.29, 1.82) is 0 Å². The van der Waals surface area contributed by atoms with Crippen LogP contribution in [0.4, 0.5) is 0 Å². The highest BCUT2D eigenvalue weighted by molar-refractivity contribution is 7.10. The Hall–Kier alpha value is -1.84. The van der Waals surface area contributed by atoms with Crippen LogP contribution in [-0.2, 0) is 4.79 Å². The molecule has 2 aliphatic rings. The Bertz CT molecular complexity index is 628. The first-order valence-electron chi connectivity index (χ1n) is 6.96. The van der Waals surface area contributed by atoms with Gasteiger partial charge < -0.3 is 14.9 Å². The number of hydrogen-bond donors (Lipinski definition) is 1. The Labute approximate surface area is 127 Å². The maximum absolute atomic E-state index is 12.5. The highest BCUT2D eigenvalue weighted by Crippen LogP contribution is 2.24. The average Bonchev–Trinajstić information content (AvgIpc) is 3.11. The normalized spacial score (nSPS) is 21.0. The number of aliphatic hydroxyl groups is 1. The molecule has 5 nitrogen and oxygen atoms in total. The maximum Gasteiger partial charge on any atom is 0.254 e. The Balaban J connectivity index is 1.68. The number of fused-ring (bicyclic) bond motifs is 1. The SMILES string of the molecule is O=C(c1csc(C#CCO)c1)N1CCN2C(=O)CCC2C1. The highest BCUT2D eigenvalue weighted by Gasteiger charge is 2.37. The number of hydrogen-bond acceptors (Lipinski definition) is 4. The van der Waals surface area contributed by atoms with E-state index in [4.69, 9.17) is 5.11 Å². The van der Waals surface area contributed by atoms with Crippen LogP contribution in [0.25, 0.3) is 0 Å². The number of carbonyl (C=O) groups is 2. The molecule has 1 N–H and O–H groups in total. The van der Waals surface area contributed by atoms with Crippen LogP contribution in [0, 0.1) is 11.8 Å². The van der Waals surface area contributed by atoms with Gasteiger partial charge in [-0.25, -0.2) is 0 Å². The van der Waals surface area contributed by atoms with Gasteiger partial charge in [-0.3, -0.25) is 9.59 Å². The molecular weight excluding hydrogens is 288 g/mol. The van der Waals surface area contributed by atoms with Crippen molar-refractivity contribution in [3.8, 4) is 11.8 Å². The lowest BCUT2D eigenvalue weighted by Gasteiger charge is -2.37. The predicted octanol–water partition coefficient (Wildman–Crippen LogP) is 0.539. The number of rotatable bonds is 1. The fourth-order valence-corrected chi connectivity index (χ4v) is 3.62.